The molecule has 0 spiro atoms. The van der Waals surface area contributed by atoms with Gasteiger partial charge in [-0.3, -0.25) is 9.69 Å². The van der Waals surface area contributed by atoms with Crippen LogP contribution in [0.15, 0.2) is 9.05 Å². The normalized spacial score (nSPS) is 16.0. The molecular weight excluding hydrogens is 322 g/mol. The summed E-state index contributed by atoms with van der Waals surface area (Å²) in [6.45, 7) is 11.4. The van der Waals surface area contributed by atoms with Crippen LogP contribution in [0.4, 0.5) is 0 Å². The smallest absolute Gasteiger partial charge is 0.240 e. The molecule has 0 bridgehead atoms. The Kier molecular flexibility index (Phi) is 5.17. The van der Waals surface area contributed by atoms with Crippen LogP contribution in [-0.4, -0.2) is 57.2 Å². The second-order valence-corrected chi connectivity index (χ2v) is 6.84. The molecule has 25 heavy (non-hydrogen) atoms. The van der Waals surface area contributed by atoms with Crippen LogP contribution in [0, 0.1) is 13.8 Å². The van der Waals surface area contributed by atoms with Crippen molar-refractivity contribution in [2.24, 2.45) is 0 Å². The number of amides is 1. The molecular formula is C17H25N5O3. The van der Waals surface area contributed by atoms with Gasteiger partial charge in [0.15, 0.2) is 5.82 Å². The van der Waals surface area contributed by atoms with Gasteiger partial charge < -0.3 is 13.9 Å². The molecule has 3 heterocycles. The quantitative estimate of drug-likeness (QED) is 0.813. The van der Waals surface area contributed by atoms with Crippen molar-refractivity contribution < 1.29 is 13.8 Å². The van der Waals surface area contributed by atoms with Gasteiger partial charge >= 0.3 is 0 Å². The first-order valence-corrected chi connectivity index (χ1v) is 8.68. The molecule has 1 amide bonds. The molecule has 0 N–H and O–H groups in total. The molecule has 2 aromatic rings. The van der Waals surface area contributed by atoms with Crippen LogP contribution >= 0.6 is 0 Å². The first-order valence-electron chi connectivity index (χ1n) is 8.68. The lowest BCUT2D eigenvalue weighted by atomic mass is 10.1. The maximum Gasteiger partial charge on any atom is 0.240 e. The van der Waals surface area contributed by atoms with E-state index in [0.717, 1.165) is 35.9 Å². The van der Waals surface area contributed by atoms with Gasteiger partial charge in [0.2, 0.25) is 11.8 Å². The zero-order chi connectivity index (χ0) is 18.0. The molecule has 2 aromatic heterocycles. The molecule has 3 rings (SSSR count). The fourth-order valence-corrected chi connectivity index (χ4v) is 2.93. The zero-order valence-electron chi connectivity index (χ0n) is 15.3. The second kappa shape index (κ2) is 7.35. The number of piperazine rings is 1. The lowest BCUT2D eigenvalue weighted by molar-refractivity contribution is -0.132. The number of hydrogen-bond donors (Lipinski definition) is 0. The predicted octanol–water partition coefficient (Wildman–Crippen LogP) is 1.68. The highest BCUT2D eigenvalue weighted by Crippen LogP contribution is 2.16. The lowest BCUT2D eigenvalue weighted by Crippen LogP contribution is -2.48. The molecule has 8 nitrogen and oxygen atoms in total. The van der Waals surface area contributed by atoms with E-state index in [0.29, 0.717) is 31.9 Å². The van der Waals surface area contributed by atoms with Gasteiger partial charge in [-0.15, -0.1) is 0 Å². The van der Waals surface area contributed by atoms with Crippen molar-refractivity contribution in [3.05, 3.63) is 28.7 Å². The molecule has 0 aromatic carbocycles. The van der Waals surface area contributed by atoms with E-state index in [4.69, 9.17) is 9.05 Å². The van der Waals surface area contributed by atoms with Crippen molar-refractivity contribution >= 4 is 5.91 Å². The minimum Gasteiger partial charge on any atom is -0.361 e. The van der Waals surface area contributed by atoms with E-state index >= 15 is 0 Å². The van der Waals surface area contributed by atoms with Crippen molar-refractivity contribution in [2.75, 3.05) is 26.2 Å². The molecule has 0 saturated carbocycles. The van der Waals surface area contributed by atoms with Crippen LogP contribution in [0.1, 0.15) is 48.5 Å². The third-order valence-corrected chi connectivity index (χ3v) is 4.59. The molecule has 1 saturated heterocycles. The maximum absolute atomic E-state index is 12.5. The Morgan fingerprint density at radius 1 is 1.12 bits per heavy atom. The third kappa shape index (κ3) is 4.07. The standard InChI is InChI=1S/C17H25N5O3/c1-11(2)17-18-15(25-20-17)10-21-5-7-22(8-6-21)16(23)9-14-12(3)19-24-13(14)4/h11H,5-10H2,1-4H3. The molecule has 1 aliphatic heterocycles. The summed E-state index contributed by atoms with van der Waals surface area (Å²) in [5.74, 6) is 2.48. The van der Waals surface area contributed by atoms with E-state index in [9.17, 15) is 4.79 Å². The van der Waals surface area contributed by atoms with Crippen LogP contribution in [0.2, 0.25) is 0 Å². The van der Waals surface area contributed by atoms with Crippen LogP contribution in [-0.2, 0) is 17.8 Å². The topological polar surface area (TPSA) is 88.5 Å². The summed E-state index contributed by atoms with van der Waals surface area (Å²) in [6, 6.07) is 0. The third-order valence-electron chi connectivity index (χ3n) is 4.59. The van der Waals surface area contributed by atoms with Crippen molar-refractivity contribution in [1.29, 1.82) is 0 Å². The summed E-state index contributed by atoms with van der Waals surface area (Å²) in [7, 11) is 0. The van der Waals surface area contributed by atoms with Gasteiger partial charge in [-0.1, -0.05) is 24.2 Å². The number of nitrogens with zero attached hydrogens (tertiary/aromatic N) is 5. The zero-order valence-corrected chi connectivity index (χ0v) is 15.3. The van der Waals surface area contributed by atoms with Crippen LogP contribution in [0.25, 0.3) is 0 Å². The molecule has 0 atom stereocenters. The van der Waals surface area contributed by atoms with Crippen molar-refractivity contribution in [3.63, 3.8) is 0 Å². The van der Waals surface area contributed by atoms with Gasteiger partial charge in [-0.25, -0.2) is 0 Å². The van der Waals surface area contributed by atoms with Crippen molar-refractivity contribution in [2.45, 2.75) is 46.6 Å². The van der Waals surface area contributed by atoms with Crippen LogP contribution < -0.4 is 0 Å². The highest BCUT2D eigenvalue weighted by atomic mass is 16.5. The van der Waals surface area contributed by atoms with Gasteiger partial charge in [-0.05, 0) is 13.8 Å². The Hall–Kier alpha value is -2.22. The van der Waals surface area contributed by atoms with Crippen LogP contribution in [0.3, 0.4) is 0 Å². The molecule has 0 unspecified atom stereocenters. The number of carbonyl (C=O) groups is 1. The highest BCUT2D eigenvalue weighted by molar-refractivity contribution is 5.79. The minimum atomic E-state index is 0.119. The predicted molar refractivity (Wildman–Crippen MR) is 89.9 cm³/mol. The van der Waals surface area contributed by atoms with Gasteiger partial charge in [0.1, 0.15) is 5.76 Å². The average Bonchev–Trinajstić information content (AvgIpc) is 3.17. The van der Waals surface area contributed by atoms with Crippen molar-refractivity contribution in [1.82, 2.24) is 25.1 Å². The summed E-state index contributed by atoms with van der Waals surface area (Å²) >= 11 is 0. The van der Waals surface area contributed by atoms with E-state index in [2.05, 4.69) is 20.2 Å². The summed E-state index contributed by atoms with van der Waals surface area (Å²) in [5, 5.41) is 7.90. The summed E-state index contributed by atoms with van der Waals surface area (Å²) < 4.78 is 10.4. The van der Waals surface area contributed by atoms with Gasteiger partial charge in [-0.2, -0.15) is 4.98 Å². The Bertz CT molecular complexity index is 709. The van der Waals surface area contributed by atoms with Crippen molar-refractivity contribution in [3.8, 4) is 0 Å². The monoisotopic (exact) mass is 347 g/mol. The Morgan fingerprint density at radius 2 is 1.84 bits per heavy atom. The first kappa shape index (κ1) is 17.6. The summed E-state index contributed by atoms with van der Waals surface area (Å²) in [5.41, 5.74) is 1.70. The number of rotatable bonds is 5. The van der Waals surface area contributed by atoms with E-state index in [1.807, 2.05) is 32.6 Å². The van der Waals surface area contributed by atoms with E-state index < -0.39 is 0 Å². The molecule has 8 heteroatoms. The molecule has 0 radical (unpaired) electrons. The minimum absolute atomic E-state index is 0.119. The van der Waals surface area contributed by atoms with Gasteiger partial charge in [0.25, 0.3) is 0 Å². The summed E-state index contributed by atoms with van der Waals surface area (Å²) in [6.07, 6.45) is 0.350. The fraction of sp³-hybridized carbons (Fsp3) is 0.647. The van der Waals surface area contributed by atoms with Gasteiger partial charge in [0.05, 0.1) is 18.7 Å². The first-order chi connectivity index (χ1) is 11.9. The molecule has 0 aliphatic carbocycles. The number of hydrogen-bond acceptors (Lipinski definition) is 7. The van der Waals surface area contributed by atoms with Crippen LogP contribution in [0.5, 0.6) is 0 Å². The van der Waals surface area contributed by atoms with E-state index in [1.54, 1.807) is 0 Å². The fourth-order valence-electron chi connectivity index (χ4n) is 2.93. The number of carbonyl (C=O) groups excluding carboxylic acids is 1. The largest absolute Gasteiger partial charge is 0.361 e. The molecule has 1 aliphatic rings. The molecule has 1 fully saturated rings. The SMILES string of the molecule is Cc1noc(C)c1CC(=O)N1CCN(Cc2nc(C(C)C)no2)CC1. The number of aromatic nitrogens is 3. The summed E-state index contributed by atoms with van der Waals surface area (Å²) in [4.78, 5) is 21.1. The Labute approximate surface area is 147 Å². The van der Waals surface area contributed by atoms with E-state index in [1.165, 1.54) is 0 Å². The average molecular weight is 347 g/mol. The second-order valence-electron chi connectivity index (χ2n) is 6.84. The Morgan fingerprint density at radius 3 is 2.40 bits per heavy atom. The number of aryl methyl sites for hydroxylation is 2. The highest BCUT2D eigenvalue weighted by Gasteiger charge is 2.24. The van der Waals surface area contributed by atoms with E-state index in [-0.39, 0.29) is 11.8 Å². The Balaban J connectivity index is 1.50. The lowest BCUT2D eigenvalue weighted by Gasteiger charge is -2.34. The van der Waals surface area contributed by atoms with Gasteiger partial charge in [0, 0.05) is 37.7 Å². The maximum atomic E-state index is 12.5. The molecule has 136 valence electrons.